The minimum atomic E-state index is -0.143. The first-order valence-electron chi connectivity index (χ1n) is 17.5. The molecule has 1 amide bonds. The van der Waals surface area contributed by atoms with E-state index in [-0.39, 0.29) is 29.9 Å². The molecular formula is C40H59ClN4O3. The molecule has 3 atom stereocenters. The molecule has 2 N–H and O–H groups in total. The molecule has 8 heteroatoms. The van der Waals surface area contributed by atoms with E-state index in [9.17, 15) is 9.59 Å². The Labute approximate surface area is 295 Å². The van der Waals surface area contributed by atoms with Gasteiger partial charge in [-0.3, -0.25) is 14.6 Å². The quantitative estimate of drug-likeness (QED) is 0.273. The maximum atomic E-state index is 12.3. The van der Waals surface area contributed by atoms with E-state index in [1.165, 1.54) is 0 Å². The number of carbonyl (C=O) groups excluding carboxylic acids is 2. The van der Waals surface area contributed by atoms with Crippen molar-refractivity contribution in [2.75, 3.05) is 26.7 Å². The van der Waals surface area contributed by atoms with Crippen LogP contribution >= 0.6 is 11.6 Å². The van der Waals surface area contributed by atoms with Crippen molar-refractivity contribution in [3.05, 3.63) is 101 Å². The van der Waals surface area contributed by atoms with Crippen LogP contribution in [0.4, 0.5) is 0 Å². The molecule has 2 aromatic rings. The Bertz CT molecular complexity index is 1310. The standard InChI is InChI=1S/C15H21ClN2O2.C15H20N2O.C6H6.2C2H6/c1-3-20-14(19)7-4-10(2)15-17-12-6-5-11(16)8-13(9-12)18-15;1-11-10-13(12(2)16-3)6-7-14(11)15(18)17-8-4-5-9-17;1-2-4-6-5-3-1;2*1-2/h5-6,8,10,12-13H,3-4,7,9H2,1-2H3,(H,17,18);6-7,10,16H,2,4-5,8-9H2,1,3H3;1-6H;2*1-2H3. The number of amidine groups is 1. The van der Waals surface area contributed by atoms with Gasteiger partial charge in [-0.2, -0.15) is 0 Å². The summed E-state index contributed by atoms with van der Waals surface area (Å²) in [6.07, 6.45) is 10.3. The van der Waals surface area contributed by atoms with Crippen LogP contribution < -0.4 is 10.6 Å². The predicted molar refractivity (Wildman–Crippen MR) is 204 cm³/mol. The van der Waals surface area contributed by atoms with Crippen LogP contribution in [0.3, 0.4) is 0 Å². The molecule has 7 nitrogen and oxygen atoms in total. The summed E-state index contributed by atoms with van der Waals surface area (Å²) in [7, 11) is 1.85. The monoisotopic (exact) mass is 678 g/mol. The number of aryl methyl sites for hydroxylation is 1. The first-order valence-corrected chi connectivity index (χ1v) is 17.9. The number of hydrogen-bond acceptors (Lipinski definition) is 6. The van der Waals surface area contributed by atoms with E-state index in [2.05, 4.69) is 24.1 Å². The first kappa shape index (κ1) is 42.2. The average molecular weight is 679 g/mol. The third kappa shape index (κ3) is 14.9. The number of halogens is 1. The average Bonchev–Trinajstić information content (AvgIpc) is 3.63. The highest BCUT2D eigenvalue weighted by Crippen LogP contribution is 2.23. The lowest BCUT2D eigenvalue weighted by molar-refractivity contribution is -0.143. The molecule has 2 aromatic carbocycles. The molecule has 0 aromatic heterocycles. The second-order valence-corrected chi connectivity index (χ2v) is 11.6. The lowest BCUT2D eigenvalue weighted by Crippen LogP contribution is -2.43. The molecule has 0 spiro atoms. The van der Waals surface area contributed by atoms with Gasteiger partial charge in [0.15, 0.2) is 0 Å². The first-order chi connectivity index (χ1) is 23.2. The minimum Gasteiger partial charge on any atom is -0.466 e. The van der Waals surface area contributed by atoms with Crippen molar-refractivity contribution in [2.24, 2.45) is 10.9 Å². The largest absolute Gasteiger partial charge is 0.466 e. The lowest BCUT2D eigenvalue weighted by atomic mass is 9.99. The number of hydrogen-bond donors (Lipinski definition) is 2. The van der Waals surface area contributed by atoms with Gasteiger partial charge in [-0.1, -0.05) is 101 Å². The second-order valence-electron chi connectivity index (χ2n) is 11.1. The molecule has 264 valence electrons. The molecule has 2 bridgehead atoms. The molecule has 0 radical (unpaired) electrons. The van der Waals surface area contributed by atoms with Crippen LogP contribution in [0.15, 0.2) is 89.4 Å². The van der Waals surface area contributed by atoms with Crippen molar-refractivity contribution in [3.8, 4) is 0 Å². The Morgan fingerprint density at radius 3 is 2.23 bits per heavy atom. The molecule has 48 heavy (non-hydrogen) atoms. The van der Waals surface area contributed by atoms with Gasteiger partial charge in [-0.25, -0.2) is 0 Å². The van der Waals surface area contributed by atoms with Crippen LogP contribution in [0.2, 0.25) is 0 Å². The number of aliphatic imine (C=N–C) groups is 1. The molecule has 2 heterocycles. The van der Waals surface area contributed by atoms with Gasteiger partial charge in [0.25, 0.3) is 5.91 Å². The second kappa shape index (κ2) is 24.3. The third-order valence-corrected chi connectivity index (χ3v) is 7.94. The predicted octanol–water partition coefficient (Wildman–Crippen LogP) is 8.95. The Hall–Kier alpha value is -3.84. The van der Waals surface area contributed by atoms with Gasteiger partial charge < -0.3 is 20.3 Å². The van der Waals surface area contributed by atoms with Crippen molar-refractivity contribution in [1.29, 1.82) is 0 Å². The summed E-state index contributed by atoms with van der Waals surface area (Å²) in [5, 5.41) is 7.18. The third-order valence-electron chi connectivity index (χ3n) is 7.69. The van der Waals surface area contributed by atoms with Crippen LogP contribution in [0, 0.1) is 12.8 Å². The number of allylic oxidation sites excluding steroid dienone is 2. The summed E-state index contributed by atoms with van der Waals surface area (Å²) in [5.41, 5.74) is 3.73. The van der Waals surface area contributed by atoms with E-state index < -0.39 is 0 Å². The van der Waals surface area contributed by atoms with Crippen molar-refractivity contribution < 1.29 is 14.3 Å². The topological polar surface area (TPSA) is 83.0 Å². The number of nitrogens with one attached hydrogen (secondary N) is 2. The number of fused-ring (bicyclic) bond motifs is 2. The molecule has 1 saturated heterocycles. The summed E-state index contributed by atoms with van der Waals surface area (Å²) in [5.74, 6) is 1.19. The molecule has 0 saturated carbocycles. The minimum absolute atomic E-state index is 0.143. The van der Waals surface area contributed by atoms with E-state index >= 15 is 0 Å². The van der Waals surface area contributed by atoms with Gasteiger partial charge in [0, 0.05) is 54.8 Å². The summed E-state index contributed by atoms with van der Waals surface area (Å²) >= 11 is 6.07. The lowest BCUT2D eigenvalue weighted by Gasteiger charge is -2.28. The fraction of sp³-hybridized carbons (Fsp3) is 0.475. The van der Waals surface area contributed by atoms with E-state index in [1.54, 1.807) is 0 Å². The smallest absolute Gasteiger partial charge is 0.305 e. The number of rotatable bonds is 8. The van der Waals surface area contributed by atoms with Crippen LogP contribution in [0.1, 0.15) is 95.1 Å². The van der Waals surface area contributed by atoms with Crippen LogP contribution in [-0.4, -0.2) is 61.4 Å². The molecule has 3 aliphatic rings. The highest BCUT2D eigenvalue weighted by molar-refractivity contribution is 6.31. The summed E-state index contributed by atoms with van der Waals surface area (Å²) in [4.78, 5) is 30.3. The van der Waals surface area contributed by atoms with Gasteiger partial charge in [-0.05, 0) is 74.9 Å². The van der Waals surface area contributed by atoms with Crippen molar-refractivity contribution in [3.63, 3.8) is 0 Å². The van der Waals surface area contributed by atoms with Gasteiger partial charge in [0.1, 0.15) is 5.84 Å². The van der Waals surface area contributed by atoms with Crippen LogP contribution in [0.25, 0.3) is 5.70 Å². The molecule has 3 unspecified atom stereocenters. The highest BCUT2D eigenvalue weighted by atomic mass is 35.5. The number of likely N-dealkylation sites (tertiary alicyclic amines) is 1. The van der Waals surface area contributed by atoms with E-state index in [0.717, 1.165) is 72.0 Å². The van der Waals surface area contributed by atoms with E-state index in [4.69, 9.17) is 21.3 Å². The molecule has 5 rings (SSSR count). The summed E-state index contributed by atoms with van der Waals surface area (Å²) in [6.45, 7) is 20.0. The zero-order valence-electron chi connectivity index (χ0n) is 30.5. The Kier molecular flexibility index (Phi) is 21.4. The van der Waals surface area contributed by atoms with Crippen LogP contribution in [-0.2, 0) is 9.53 Å². The van der Waals surface area contributed by atoms with Crippen molar-refractivity contribution >= 4 is 35.0 Å². The van der Waals surface area contributed by atoms with Crippen molar-refractivity contribution in [1.82, 2.24) is 15.5 Å². The zero-order valence-corrected chi connectivity index (χ0v) is 31.3. The SMILES string of the molecule is C=C(NC)c1ccc(C(=O)N2CCCC2)c(C)c1.CC.CC.CCOC(=O)CCC(C)C1=NC2C=CC(Cl)=CC(C2)N1.c1ccccc1. The fourth-order valence-corrected chi connectivity index (χ4v) is 5.37. The molecular weight excluding hydrogens is 620 g/mol. The van der Waals surface area contributed by atoms with E-state index in [0.29, 0.717) is 13.0 Å². The molecule has 1 aliphatic carbocycles. The van der Waals surface area contributed by atoms with Gasteiger partial charge in [0.2, 0.25) is 0 Å². The number of nitrogens with zero attached hydrogens (tertiary/aromatic N) is 2. The van der Waals surface area contributed by atoms with Gasteiger partial charge in [0.05, 0.1) is 12.6 Å². The number of carbonyl (C=O) groups is 2. The normalized spacial score (nSPS) is 17.6. The van der Waals surface area contributed by atoms with Crippen molar-refractivity contribution in [2.45, 2.75) is 92.7 Å². The number of benzene rings is 2. The Morgan fingerprint density at radius 1 is 1.08 bits per heavy atom. The Balaban J connectivity index is 0.000000377. The Morgan fingerprint density at radius 2 is 1.69 bits per heavy atom. The number of ether oxygens (including phenoxy) is 1. The maximum Gasteiger partial charge on any atom is 0.305 e. The fourth-order valence-electron chi connectivity index (χ4n) is 5.14. The molecule has 1 fully saturated rings. The zero-order chi connectivity index (χ0) is 35.9. The molecule has 2 aliphatic heterocycles. The van der Waals surface area contributed by atoms with E-state index in [1.807, 2.05) is 126 Å². The van der Waals surface area contributed by atoms with Gasteiger partial charge in [-0.15, -0.1) is 0 Å². The summed E-state index contributed by atoms with van der Waals surface area (Å²) in [6, 6.07) is 18.3. The number of esters is 1. The van der Waals surface area contributed by atoms with Crippen LogP contribution in [0.5, 0.6) is 0 Å². The van der Waals surface area contributed by atoms with Gasteiger partial charge >= 0.3 is 5.97 Å². The maximum absolute atomic E-state index is 12.3. The summed E-state index contributed by atoms with van der Waals surface area (Å²) < 4.78 is 4.95. The highest BCUT2D eigenvalue weighted by Gasteiger charge is 2.25. The number of amides is 1.